The lowest BCUT2D eigenvalue weighted by Gasteiger charge is -2.23. The van der Waals surface area contributed by atoms with Gasteiger partial charge in [-0.2, -0.15) is 0 Å². The third-order valence-electron chi connectivity index (χ3n) is 1.91. The second kappa shape index (κ2) is 3.05. The van der Waals surface area contributed by atoms with E-state index in [1.54, 1.807) is 13.8 Å². The zero-order valence-electron chi connectivity index (χ0n) is 7.70. The highest BCUT2D eigenvalue weighted by atomic mass is 16.7. The van der Waals surface area contributed by atoms with E-state index in [1.165, 1.54) is 0 Å². The molecule has 0 bridgehead atoms. The number of rotatable bonds is 1. The molecule has 3 nitrogen and oxygen atoms in total. The van der Waals surface area contributed by atoms with Crippen LogP contribution in [-0.4, -0.2) is 29.2 Å². The molecule has 0 aromatic rings. The molecule has 1 atom stereocenters. The molecule has 1 saturated heterocycles. The minimum Gasteiger partial charge on any atom is -0.365 e. The first-order valence-electron chi connectivity index (χ1n) is 3.93. The largest absolute Gasteiger partial charge is 0.365 e. The number of terminal acetylenes is 2. The Kier molecular flexibility index (Phi) is 2.36. The van der Waals surface area contributed by atoms with E-state index in [0.29, 0.717) is 0 Å². The number of hydrogen-bond donors (Lipinski definition) is 1. The van der Waals surface area contributed by atoms with Gasteiger partial charge in [-0.3, -0.25) is 0 Å². The van der Waals surface area contributed by atoms with Gasteiger partial charge in [0.1, 0.15) is 6.10 Å². The van der Waals surface area contributed by atoms with Gasteiger partial charge < -0.3 is 14.6 Å². The fourth-order valence-corrected chi connectivity index (χ4v) is 1.12. The molecule has 1 rings (SSSR count). The van der Waals surface area contributed by atoms with E-state index in [2.05, 4.69) is 11.8 Å². The molecule has 1 heterocycles. The molecule has 0 radical (unpaired) electrons. The zero-order valence-corrected chi connectivity index (χ0v) is 7.70. The predicted octanol–water partition coefficient (Wildman–Crippen LogP) is 0.135. The van der Waals surface area contributed by atoms with Crippen LogP contribution in [-0.2, 0) is 9.47 Å². The first-order chi connectivity index (χ1) is 5.93. The van der Waals surface area contributed by atoms with Gasteiger partial charge in [0.05, 0.1) is 6.61 Å². The van der Waals surface area contributed by atoms with Crippen LogP contribution in [0.15, 0.2) is 0 Å². The maximum absolute atomic E-state index is 9.68. The summed E-state index contributed by atoms with van der Waals surface area (Å²) in [5.74, 6) is 3.51. The Labute approximate surface area is 78.0 Å². The minimum absolute atomic E-state index is 0.206. The molecule has 3 heteroatoms. The SMILES string of the molecule is C#CC(O)(C#C)[C@@H]1COC(C)(C)O1. The molecular weight excluding hydrogens is 168 g/mol. The maximum atomic E-state index is 9.68. The van der Waals surface area contributed by atoms with Crippen LogP contribution in [0.2, 0.25) is 0 Å². The second-order valence-electron chi connectivity index (χ2n) is 3.37. The Bertz CT molecular complexity index is 266. The number of ether oxygens (including phenoxy) is 2. The molecule has 0 spiro atoms. The van der Waals surface area contributed by atoms with Gasteiger partial charge in [0.25, 0.3) is 0 Å². The molecule has 1 N–H and O–H groups in total. The number of aliphatic hydroxyl groups is 1. The summed E-state index contributed by atoms with van der Waals surface area (Å²) in [5.41, 5.74) is -1.67. The van der Waals surface area contributed by atoms with Gasteiger partial charge in [0.2, 0.25) is 5.60 Å². The molecule has 1 fully saturated rings. The molecule has 0 saturated carbocycles. The molecule has 13 heavy (non-hydrogen) atoms. The first kappa shape index (κ1) is 10.1. The van der Waals surface area contributed by atoms with Crippen molar-refractivity contribution in [2.45, 2.75) is 31.3 Å². The van der Waals surface area contributed by atoms with E-state index in [1.807, 2.05) is 0 Å². The summed E-state index contributed by atoms with van der Waals surface area (Å²) >= 11 is 0. The molecule has 0 amide bonds. The average molecular weight is 180 g/mol. The summed E-state index contributed by atoms with van der Waals surface area (Å²) in [6.45, 7) is 3.68. The van der Waals surface area contributed by atoms with Crippen LogP contribution in [0.5, 0.6) is 0 Å². The van der Waals surface area contributed by atoms with Gasteiger partial charge in [-0.1, -0.05) is 11.8 Å². The van der Waals surface area contributed by atoms with E-state index < -0.39 is 17.5 Å². The molecule has 1 aliphatic heterocycles. The second-order valence-corrected chi connectivity index (χ2v) is 3.37. The van der Waals surface area contributed by atoms with Crippen LogP contribution in [0.4, 0.5) is 0 Å². The summed E-state index contributed by atoms with van der Waals surface area (Å²) in [6.07, 6.45) is 9.56. The highest BCUT2D eigenvalue weighted by Gasteiger charge is 2.44. The van der Waals surface area contributed by atoms with Crippen molar-refractivity contribution in [3.63, 3.8) is 0 Å². The van der Waals surface area contributed by atoms with Crippen LogP contribution in [0.3, 0.4) is 0 Å². The Hall–Kier alpha value is -1.00. The standard InChI is InChI=1S/C10H12O3/c1-5-10(11,6-2)8-7-12-9(3,4)13-8/h1-2,8,11H,7H2,3-4H3/t8-/m0/s1. The van der Waals surface area contributed by atoms with Crippen LogP contribution >= 0.6 is 0 Å². The number of hydrogen-bond acceptors (Lipinski definition) is 3. The third-order valence-corrected chi connectivity index (χ3v) is 1.91. The van der Waals surface area contributed by atoms with Gasteiger partial charge in [0.15, 0.2) is 5.79 Å². The van der Waals surface area contributed by atoms with Crippen molar-refractivity contribution in [1.82, 2.24) is 0 Å². The van der Waals surface area contributed by atoms with Crippen molar-refractivity contribution in [3.8, 4) is 24.7 Å². The third kappa shape index (κ3) is 1.84. The van der Waals surface area contributed by atoms with Crippen LogP contribution in [0, 0.1) is 24.7 Å². The molecule has 0 aliphatic carbocycles. The molecule has 1 aliphatic rings. The molecular formula is C10H12O3. The normalized spacial score (nSPS) is 26.4. The van der Waals surface area contributed by atoms with Crippen molar-refractivity contribution < 1.29 is 14.6 Å². The highest BCUT2D eigenvalue weighted by Crippen LogP contribution is 2.28. The Morgan fingerprint density at radius 2 is 2.00 bits per heavy atom. The van der Waals surface area contributed by atoms with Gasteiger partial charge in [-0.25, -0.2) is 0 Å². The topological polar surface area (TPSA) is 38.7 Å². The summed E-state index contributed by atoms with van der Waals surface area (Å²) in [7, 11) is 0. The van der Waals surface area contributed by atoms with E-state index in [-0.39, 0.29) is 6.61 Å². The predicted molar refractivity (Wildman–Crippen MR) is 47.5 cm³/mol. The Morgan fingerprint density at radius 1 is 1.46 bits per heavy atom. The molecule has 0 unspecified atom stereocenters. The highest BCUT2D eigenvalue weighted by molar-refractivity contribution is 5.28. The fraction of sp³-hybridized carbons (Fsp3) is 0.600. The quantitative estimate of drug-likeness (QED) is 0.583. The minimum atomic E-state index is -1.67. The van der Waals surface area contributed by atoms with Crippen LogP contribution in [0.1, 0.15) is 13.8 Å². The summed E-state index contributed by atoms with van der Waals surface area (Å²) in [5, 5.41) is 9.68. The Morgan fingerprint density at radius 3 is 2.31 bits per heavy atom. The van der Waals surface area contributed by atoms with E-state index in [9.17, 15) is 5.11 Å². The maximum Gasteiger partial charge on any atom is 0.216 e. The Balaban J connectivity index is 2.78. The van der Waals surface area contributed by atoms with Crippen molar-refractivity contribution >= 4 is 0 Å². The lowest BCUT2D eigenvalue weighted by Crippen LogP contribution is -2.42. The van der Waals surface area contributed by atoms with Crippen LogP contribution < -0.4 is 0 Å². The van der Waals surface area contributed by atoms with Crippen molar-refractivity contribution in [3.05, 3.63) is 0 Å². The van der Waals surface area contributed by atoms with Gasteiger partial charge >= 0.3 is 0 Å². The van der Waals surface area contributed by atoms with Crippen molar-refractivity contribution in [2.24, 2.45) is 0 Å². The van der Waals surface area contributed by atoms with E-state index in [0.717, 1.165) is 0 Å². The molecule has 0 aromatic carbocycles. The van der Waals surface area contributed by atoms with Crippen LogP contribution in [0.25, 0.3) is 0 Å². The summed E-state index contributed by atoms with van der Waals surface area (Å²) in [6, 6.07) is 0. The van der Waals surface area contributed by atoms with Gasteiger partial charge in [-0.05, 0) is 13.8 Å². The summed E-state index contributed by atoms with van der Waals surface area (Å²) < 4.78 is 10.6. The average Bonchev–Trinajstić information content (AvgIpc) is 2.45. The zero-order chi connectivity index (χ0) is 10.1. The van der Waals surface area contributed by atoms with Gasteiger partial charge in [0, 0.05) is 0 Å². The van der Waals surface area contributed by atoms with Gasteiger partial charge in [-0.15, -0.1) is 12.8 Å². The lowest BCUT2D eigenvalue weighted by atomic mass is 10.00. The fourth-order valence-electron chi connectivity index (χ4n) is 1.12. The molecule has 70 valence electrons. The lowest BCUT2D eigenvalue weighted by molar-refractivity contribution is -0.153. The smallest absolute Gasteiger partial charge is 0.216 e. The first-order valence-corrected chi connectivity index (χ1v) is 3.93. The summed E-state index contributed by atoms with van der Waals surface area (Å²) in [4.78, 5) is 0. The monoisotopic (exact) mass is 180 g/mol. The molecule has 0 aromatic heterocycles. The van der Waals surface area contributed by atoms with E-state index in [4.69, 9.17) is 22.3 Å². The van der Waals surface area contributed by atoms with Crippen molar-refractivity contribution in [2.75, 3.05) is 6.61 Å². The van der Waals surface area contributed by atoms with E-state index >= 15 is 0 Å². The van der Waals surface area contributed by atoms with Crippen molar-refractivity contribution in [1.29, 1.82) is 0 Å².